The lowest BCUT2D eigenvalue weighted by atomic mass is 9.82. The predicted octanol–water partition coefficient (Wildman–Crippen LogP) is 3.56. The summed E-state index contributed by atoms with van der Waals surface area (Å²) in [5.41, 5.74) is 2.49. The van der Waals surface area contributed by atoms with Gasteiger partial charge >= 0.3 is 0 Å². The molecule has 1 aromatic rings. The SMILES string of the molecule is CC(=O)C1CCc2cc(OC(C)(C)C)ccc2C1. The van der Waals surface area contributed by atoms with Crippen LogP contribution in [0.1, 0.15) is 45.2 Å². The maximum atomic E-state index is 11.4. The highest BCUT2D eigenvalue weighted by Crippen LogP contribution is 2.30. The van der Waals surface area contributed by atoms with Crippen LogP contribution in [0.2, 0.25) is 0 Å². The van der Waals surface area contributed by atoms with E-state index in [9.17, 15) is 4.79 Å². The first kappa shape index (κ1) is 13.1. The summed E-state index contributed by atoms with van der Waals surface area (Å²) in [6.45, 7) is 7.86. The Balaban J connectivity index is 2.17. The van der Waals surface area contributed by atoms with E-state index >= 15 is 0 Å². The largest absolute Gasteiger partial charge is 0.488 e. The van der Waals surface area contributed by atoms with Crippen LogP contribution >= 0.6 is 0 Å². The van der Waals surface area contributed by atoms with Crippen LogP contribution in [0.3, 0.4) is 0 Å². The molecule has 1 unspecified atom stereocenters. The van der Waals surface area contributed by atoms with Crippen molar-refractivity contribution in [3.63, 3.8) is 0 Å². The maximum absolute atomic E-state index is 11.4. The van der Waals surface area contributed by atoms with Gasteiger partial charge in [0.25, 0.3) is 0 Å². The van der Waals surface area contributed by atoms with Crippen molar-refractivity contribution in [2.45, 2.75) is 52.6 Å². The van der Waals surface area contributed by atoms with Crippen LogP contribution in [0.15, 0.2) is 18.2 Å². The lowest BCUT2D eigenvalue weighted by molar-refractivity contribution is -0.121. The molecule has 2 rings (SSSR count). The molecule has 1 atom stereocenters. The summed E-state index contributed by atoms with van der Waals surface area (Å²) in [7, 11) is 0. The molecule has 0 spiro atoms. The molecular weight excluding hydrogens is 224 g/mol. The van der Waals surface area contributed by atoms with Gasteiger partial charge in [0.1, 0.15) is 17.1 Å². The summed E-state index contributed by atoms with van der Waals surface area (Å²) in [5, 5.41) is 0. The normalized spacial score (nSPS) is 19.2. The molecule has 2 nitrogen and oxygen atoms in total. The lowest BCUT2D eigenvalue weighted by Crippen LogP contribution is -2.24. The summed E-state index contributed by atoms with van der Waals surface area (Å²) >= 11 is 0. The van der Waals surface area contributed by atoms with Gasteiger partial charge in [0.15, 0.2) is 0 Å². The number of aryl methyl sites for hydroxylation is 1. The molecule has 0 N–H and O–H groups in total. The number of carbonyl (C=O) groups is 1. The Morgan fingerprint density at radius 1 is 1.28 bits per heavy atom. The van der Waals surface area contributed by atoms with E-state index in [2.05, 4.69) is 32.9 Å². The molecule has 1 aromatic carbocycles. The second-order valence-corrected chi connectivity index (χ2v) is 6.20. The summed E-state index contributed by atoms with van der Waals surface area (Å²) in [6.07, 6.45) is 2.85. The van der Waals surface area contributed by atoms with Gasteiger partial charge in [-0.05, 0) is 70.2 Å². The molecule has 0 radical (unpaired) electrons. The van der Waals surface area contributed by atoms with Crippen LogP contribution in [0, 0.1) is 5.92 Å². The zero-order valence-electron chi connectivity index (χ0n) is 11.7. The van der Waals surface area contributed by atoms with Crippen molar-refractivity contribution >= 4 is 5.78 Å². The van der Waals surface area contributed by atoms with E-state index in [1.54, 1.807) is 6.92 Å². The van der Waals surface area contributed by atoms with Crippen LogP contribution in [0.25, 0.3) is 0 Å². The number of fused-ring (bicyclic) bond motifs is 1. The third kappa shape index (κ3) is 3.12. The average Bonchev–Trinajstić information content (AvgIpc) is 2.26. The first-order valence-electron chi connectivity index (χ1n) is 6.66. The van der Waals surface area contributed by atoms with E-state index in [-0.39, 0.29) is 11.5 Å². The van der Waals surface area contributed by atoms with Gasteiger partial charge in [-0.2, -0.15) is 0 Å². The van der Waals surface area contributed by atoms with Crippen LogP contribution in [-0.4, -0.2) is 11.4 Å². The minimum Gasteiger partial charge on any atom is -0.488 e. The topological polar surface area (TPSA) is 26.3 Å². The monoisotopic (exact) mass is 246 g/mol. The Bertz CT molecular complexity index is 455. The van der Waals surface area contributed by atoms with Gasteiger partial charge in [0.2, 0.25) is 0 Å². The number of rotatable bonds is 2. The van der Waals surface area contributed by atoms with Crippen molar-refractivity contribution in [3.05, 3.63) is 29.3 Å². The minimum absolute atomic E-state index is 0.162. The first-order valence-corrected chi connectivity index (χ1v) is 6.66. The second kappa shape index (κ2) is 4.75. The highest BCUT2D eigenvalue weighted by atomic mass is 16.5. The van der Waals surface area contributed by atoms with Crippen molar-refractivity contribution < 1.29 is 9.53 Å². The molecule has 98 valence electrons. The molecule has 2 heteroatoms. The standard InChI is InChI=1S/C16H22O2/c1-11(17)12-5-6-14-10-15(18-16(2,3)4)8-7-13(14)9-12/h7-8,10,12H,5-6,9H2,1-4H3. The Morgan fingerprint density at radius 3 is 2.61 bits per heavy atom. The van der Waals surface area contributed by atoms with Crippen LogP contribution in [0.4, 0.5) is 0 Å². The smallest absolute Gasteiger partial charge is 0.133 e. The van der Waals surface area contributed by atoms with Gasteiger partial charge in [-0.1, -0.05) is 6.07 Å². The summed E-state index contributed by atoms with van der Waals surface area (Å²) < 4.78 is 5.88. The van der Waals surface area contributed by atoms with Gasteiger partial charge in [0, 0.05) is 5.92 Å². The third-order valence-electron chi connectivity index (χ3n) is 3.41. The Morgan fingerprint density at radius 2 is 2.00 bits per heavy atom. The molecule has 0 saturated heterocycles. The molecule has 0 amide bonds. The van der Waals surface area contributed by atoms with Crippen molar-refractivity contribution in [2.75, 3.05) is 0 Å². The summed E-state index contributed by atoms with van der Waals surface area (Å²) in [5.74, 6) is 1.46. The molecule has 0 saturated carbocycles. The summed E-state index contributed by atoms with van der Waals surface area (Å²) in [4.78, 5) is 11.4. The fourth-order valence-electron chi connectivity index (χ4n) is 2.50. The number of Topliss-reactive ketones (excluding diaryl/α,β-unsaturated/α-hetero) is 1. The van der Waals surface area contributed by atoms with Crippen molar-refractivity contribution in [2.24, 2.45) is 5.92 Å². The van der Waals surface area contributed by atoms with Crippen molar-refractivity contribution in [1.29, 1.82) is 0 Å². The van der Waals surface area contributed by atoms with Crippen LogP contribution < -0.4 is 4.74 Å². The van der Waals surface area contributed by atoms with Gasteiger partial charge < -0.3 is 4.74 Å². The van der Waals surface area contributed by atoms with Gasteiger partial charge in [0.05, 0.1) is 0 Å². The molecule has 0 bridgehead atoms. The highest BCUT2D eigenvalue weighted by Gasteiger charge is 2.22. The maximum Gasteiger partial charge on any atom is 0.133 e. The molecule has 0 fully saturated rings. The number of benzene rings is 1. The number of hydrogen-bond acceptors (Lipinski definition) is 2. The van der Waals surface area contributed by atoms with Crippen molar-refractivity contribution in [3.8, 4) is 5.75 Å². The van der Waals surface area contributed by atoms with Crippen LogP contribution in [0.5, 0.6) is 5.75 Å². The van der Waals surface area contributed by atoms with E-state index in [0.717, 1.165) is 25.0 Å². The molecule has 1 aliphatic carbocycles. The quantitative estimate of drug-likeness (QED) is 0.797. The number of ketones is 1. The molecular formula is C16H22O2. The minimum atomic E-state index is -0.162. The molecule has 1 aliphatic rings. The van der Waals surface area contributed by atoms with E-state index in [1.807, 2.05) is 6.07 Å². The van der Waals surface area contributed by atoms with E-state index < -0.39 is 0 Å². The Labute approximate surface area is 109 Å². The van der Waals surface area contributed by atoms with Crippen LogP contribution in [-0.2, 0) is 17.6 Å². The number of carbonyl (C=O) groups excluding carboxylic acids is 1. The Kier molecular flexibility index (Phi) is 3.47. The van der Waals surface area contributed by atoms with E-state index in [4.69, 9.17) is 4.74 Å². The fraction of sp³-hybridized carbons (Fsp3) is 0.562. The first-order chi connectivity index (χ1) is 8.35. The zero-order valence-corrected chi connectivity index (χ0v) is 11.7. The lowest BCUT2D eigenvalue weighted by Gasteiger charge is -2.25. The number of ether oxygens (including phenoxy) is 1. The van der Waals surface area contributed by atoms with Gasteiger partial charge in [-0.15, -0.1) is 0 Å². The van der Waals surface area contributed by atoms with Gasteiger partial charge in [-0.3, -0.25) is 4.79 Å². The molecule has 18 heavy (non-hydrogen) atoms. The van der Waals surface area contributed by atoms with E-state index in [1.165, 1.54) is 11.1 Å². The average molecular weight is 246 g/mol. The molecule has 0 heterocycles. The summed E-state index contributed by atoms with van der Waals surface area (Å²) in [6, 6.07) is 6.27. The second-order valence-electron chi connectivity index (χ2n) is 6.20. The fourth-order valence-corrected chi connectivity index (χ4v) is 2.50. The van der Waals surface area contributed by atoms with Gasteiger partial charge in [-0.25, -0.2) is 0 Å². The third-order valence-corrected chi connectivity index (χ3v) is 3.41. The van der Waals surface area contributed by atoms with E-state index in [0.29, 0.717) is 5.78 Å². The molecule has 0 aromatic heterocycles. The molecule has 0 aliphatic heterocycles. The highest BCUT2D eigenvalue weighted by molar-refractivity contribution is 5.79. The van der Waals surface area contributed by atoms with Crippen molar-refractivity contribution in [1.82, 2.24) is 0 Å². The Hall–Kier alpha value is -1.31. The number of hydrogen-bond donors (Lipinski definition) is 0. The predicted molar refractivity (Wildman–Crippen MR) is 73.0 cm³/mol. The zero-order chi connectivity index (χ0) is 13.3.